The lowest BCUT2D eigenvalue weighted by atomic mass is 10.1. The van der Waals surface area contributed by atoms with Crippen LogP contribution in [-0.2, 0) is 6.54 Å². The molecule has 0 aliphatic rings. The third kappa shape index (κ3) is 4.74. The number of para-hydroxylation sites is 1. The fourth-order valence-electron chi connectivity index (χ4n) is 2.83. The van der Waals surface area contributed by atoms with Crippen LogP contribution in [0.2, 0.25) is 0 Å². The van der Waals surface area contributed by atoms with Gasteiger partial charge in [-0.05, 0) is 31.2 Å². The minimum absolute atomic E-state index is 0.0329. The molecule has 32 heavy (non-hydrogen) atoms. The number of non-ortho nitro benzene ring substituents is 1. The number of anilines is 1. The molecule has 0 bridgehead atoms. The quantitative estimate of drug-likeness (QED) is 0.226. The molecule has 0 saturated carbocycles. The van der Waals surface area contributed by atoms with Crippen molar-refractivity contribution in [3.8, 4) is 17.1 Å². The van der Waals surface area contributed by atoms with Gasteiger partial charge < -0.3 is 5.11 Å². The molecular weight excluding hydrogens is 448 g/mol. The standard InChI is InChI=1S/C21H18N6O3S2/c1-2-26-19(28)18(12-22-15-6-4-3-5-7-15)32-21(26)25-24-20-23-17(13-31-20)14-8-10-16(11-9-14)27(29)30/h3-13,28H,2H2,1H3,(H,23,24)/b22-12?,25-21+. The first kappa shape index (κ1) is 21.4. The van der Waals surface area contributed by atoms with E-state index < -0.39 is 4.92 Å². The van der Waals surface area contributed by atoms with Crippen molar-refractivity contribution in [2.24, 2.45) is 10.1 Å². The summed E-state index contributed by atoms with van der Waals surface area (Å²) in [5.74, 6) is 0.100. The van der Waals surface area contributed by atoms with Crippen molar-refractivity contribution in [2.45, 2.75) is 13.5 Å². The van der Waals surface area contributed by atoms with E-state index in [2.05, 4.69) is 20.5 Å². The van der Waals surface area contributed by atoms with Gasteiger partial charge in [-0.15, -0.1) is 16.4 Å². The molecule has 0 atom stereocenters. The molecule has 0 aliphatic carbocycles. The fourth-order valence-corrected chi connectivity index (χ4v) is 4.41. The molecule has 0 fully saturated rings. The molecular formula is C21H18N6O3S2. The average molecular weight is 467 g/mol. The Hall–Kier alpha value is -3.83. The average Bonchev–Trinajstić information content (AvgIpc) is 3.41. The van der Waals surface area contributed by atoms with Gasteiger partial charge in [0, 0.05) is 29.6 Å². The molecule has 0 spiro atoms. The SMILES string of the molecule is CCn1c(O)c(C=Nc2ccccc2)s/c1=N/Nc1nc(-c2ccc([N+](=O)[O-])cc2)cs1. The van der Waals surface area contributed by atoms with E-state index >= 15 is 0 Å². The maximum atomic E-state index is 10.8. The van der Waals surface area contributed by atoms with E-state index in [-0.39, 0.29) is 11.6 Å². The van der Waals surface area contributed by atoms with Gasteiger partial charge >= 0.3 is 0 Å². The van der Waals surface area contributed by atoms with Crippen molar-refractivity contribution in [2.75, 3.05) is 5.43 Å². The van der Waals surface area contributed by atoms with Crippen LogP contribution in [0.15, 0.2) is 70.1 Å². The number of nitro groups is 1. The van der Waals surface area contributed by atoms with Crippen molar-refractivity contribution < 1.29 is 10.0 Å². The second kappa shape index (κ2) is 9.54. The number of aromatic hydroxyl groups is 1. The molecule has 2 aromatic carbocycles. The Morgan fingerprint density at radius 1 is 1.22 bits per heavy atom. The predicted octanol–water partition coefficient (Wildman–Crippen LogP) is 4.99. The largest absolute Gasteiger partial charge is 0.493 e. The summed E-state index contributed by atoms with van der Waals surface area (Å²) in [6, 6.07) is 15.7. The highest BCUT2D eigenvalue weighted by Gasteiger charge is 2.11. The number of rotatable bonds is 7. The van der Waals surface area contributed by atoms with Crippen LogP contribution in [0.3, 0.4) is 0 Å². The highest BCUT2D eigenvalue weighted by Crippen LogP contribution is 2.26. The normalized spacial score (nSPS) is 11.8. The third-order valence-electron chi connectivity index (χ3n) is 4.44. The molecule has 11 heteroatoms. The maximum absolute atomic E-state index is 10.8. The van der Waals surface area contributed by atoms with E-state index in [4.69, 9.17) is 0 Å². The molecule has 162 valence electrons. The lowest BCUT2D eigenvalue weighted by Gasteiger charge is -1.99. The number of benzene rings is 2. The summed E-state index contributed by atoms with van der Waals surface area (Å²) in [4.78, 5) is 20.4. The highest BCUT2D eigenvalue weighted by molar-refractivity contribution is 7.14. The zero-order chi connectivity index (χ0) is 22.5. The number of nitro benzene ring substituents is 1. The molecule has 0 unspecified atom stereocenters. The Kier molecular flexibility index (Phi) is 6.38. The Morgan fingerprint density at radius 3 is 2.66 bits per heavy atom. The number of hydrogen-bond donors (Lipinski definition) is 2. The van der Waals surface area contributed by atoms with Crippen molar-refractivity contribution in [1.29, 1.82) is 0 Å². The molecule has 0 amide bonds. The first-order chi connectivity index (χ1) is 15.5. The molecule has 2 N–H and O–H groups in total. The fraction of sp³-hybridized carbons (Fsp3) is 0.0952. The van der Waals surface area contributed by atoms with Gasteiger partial charge in [-0.3, -0.25) is 19.7 Å². The van der Waals surface area contributed by atoms with Gasteiger partial charge in [0.2, 0.25) is 15.8 Å². The van der Waals surface area contributed by atoms with Crippen LogP contribution in [0.1, 0.15) is 11.8 Å². The van der Waals surface area contributed by atoms with Gasteiger partial charge in [0.05, 0.1) is 22.5 Å². The van der Waals surface area contributed by atoms with E-state index in [0.29, 0.717) is 27.0 Å². The third-order valence-corrected chi connectivity index (χ3v) is 6.19. The molecule has 4 rings (SSSR count). The van der Waals surface area contributed by atoms with Crippen molar-refractivity contribution in [3.63, 3.8) is 0 Å². The maximum Gasteiger partial charge on any atom is 0.269 e. The van der Waals surface area contributed by atoms with E-state index in [9.17, 15) is 15.2 Å². The van der Waals surface area contributed by atoms with Crippen molar-refractivity contribution in [1.82, 2.24) is 9.55 Å². The topological polar surface area (TPSA) is 118 Å². The van der Waals surface area contributed by atoms with Crippen molar-refractivity contribution in [3.05, 3.63) is 79.8 Å². The zero-order valence-electron chi connectivity index (χ0n) is 16.9. The smallest absolute Gasteiger partial charge is 0.269 e. The number of aromatic nitrogens is 2. The van der Waals surface area contributed by atoms with Crippen LogP contribution < -0.4 is 10.2 Å². The summed E-state index contributed by atoms with van der Waals surface area (Å²) in [5.41, 5.74) is 5.22. The summed E-state index contributed by atoms with van der Waals surface area (Å²) in [6.07, 6.45) is 1.62. The minimum Gasteiger partial charge on any atom is -0.493 e. The Balaban J connectivity index is 1.54. The molecule has 0 radical (unpaired) electrons. The molecule has 2 heterocycles. The van der Waals surface area contributed by atoms with Crippen LogP contribution in [0.4, 0.5) is 16.5 Å². The number of nitrogens with zero attached hydrogens (tertiary/aromatic N) is 5. The summed E-state index contributed by atoms with van der Waals surface area (Å²) in [7, 11) is 0. The molecule has 0 aliphatic heterocycles. The van der Waals surface area contributed by atoms with Gasteiger partial charge in [-0.25, -0.2) is 10.4 Å². The van der Waals surface area contributed by atoms with Gasteiger partial charge in [0.15, 0.2) is 0 Å². The Labute approximate surface area is 190 Å². The summed E-state index contributed by atoms with van der Waals surface area (Å²) >= 11 is 2.67. The molecule has 9 nitrogen and oxygen atoms in total. The van der Waals surface area contributed by atoms with Crippen molar-refractivity contribution >= 4 is 45.4 Å². The van der Waals surface area contributed by atoms with Crippen LogP contribution in [0, 0.1) is 10.1 Å². The Morgan fingerprint density at radius 2 is 1.97 bits per heavy atom. The molecule has 4 aromatic rings. The van der Waals surface area contributed by atoms with Gasteiger partial charge in [-0.2, -0.15) is 0 Å². The summed E-state index contributed by atoms with van der Waals surface area (Å²) in [6.45, 7) is 2.45. The number of thiazole rings is 2. The first-order valence-electron chi connectivity index (χ1n) is 9.57. The first-order valence-corrected chi connectivity index (χ1v) is 11.3. The van der Waals surface area contributed by atoms with E-state index in [0.717, 1.165) is 11.3 Å². The zero-order valence-corrected chi connectivity index (χ0v) is 18.5. The van der Waals surface area contributed by atoms with E-state index in [1.807, 2.05) is 42.6 Å². The van der Waals surface area contributed by atoms with Crippen LogP contribution >= 0.6 is 22.7 Å². The second-order valence-electron chi connectivity index (χ2n) is 6.48. The van der Waals surface area contributed by atoms with Gasteiger partial charge in [-0.1, -0.05) is 29.5 Å². The van der Waals surface area contributed by atoms with Crippen LogP contribution in [-0.4, -0.2) is 25.8 Å². The van der Waals surface area contributed by atoms with Gasteiger partial charge in [0.1, 0.15) is 4.88 Å². The number of nitrogens with one attached hydrogen (secondary N) is 1. The van der Waals surface area contributed by atoms with E-state index in [1.165, 1.54) is 34.8 Å². The predicted molar refractivity (Wildman–Crippen MR) is 127 cm³/mol. The highest BCUT2D eigenvalue weighted by atomic mass is 32.1. The second-order valence-corrected chi connectivity index (χ2v) is 8.34. The summed E-state index contributed by atoms with van der Waals surface area (Å²) < 4.78 is 1.68. The monoisotopic (exact) mass is 466 g/mol. The van der Waals surface area contributed by atoms with E-state index in [1.54, 1.807) is 22.9 Å². The lowest BCUT2D eigenvalue weighted by molar-refractivity contribution is -0.384. The van der Waals surface area contributed by atoms with Crippen LogP contribution in [0.25, 0.3) is 11.3 Å². The molecule has 2 aromatic heterocycles. The minimum atomic E-state index is -0.436. The lowest BCUT2D eigenvalue weighted by Crippen LogP contribution is -2.14. The van der Waals surface area contributed by atoms with Gasteiger partial charge in [0.25, 0.3) is 5.69 Å². The summed E-state index contributed by atoms with van der Waals surface area (Å²) in [5, 5.41) is 28.1. The van der Waals surface area contributed by atoms with Crippen LogP contribution in [0.5, 0.6) is 5.88 Å². The number of aliphatic imine (C=N–C) groups is 1. The Bertz CT molecular complexity index is 1320. The molecule has 0 saturated heterocycles. The number of hydrogen-bond acceptors (Lipinski definition) is 9.